The number of hydrogen-bond acceptors (Lipinski definition) is 4. The van der Waals surface area contributed by atoms with Gasteiger partial charge in [-0.05, 0) is 18.2 Å². The van der Waals surface area contributed by atoms with Gasteiger partial charge in [-0.2, -0.15) is 5.26 Å². The number of carbonyl (C=O) groups excluding carboxylic acids is 1. The molecule has 0 aliphatic carbocycles. The molecule has 0 bridgehead atoms. The van der Waals surface area contributed by atoms with E-state index >= 15 is 0 Å². The summed E-state index contributed by atoms with van der Waals surface area (Å²) in [6.07, 6.45) is 0. The highest BCUT2D eigenvalue weighted by Crippen LogP contribution is 2.20. The molecule has 0 heterocycles. The first-order valence-electron chi connectivity index (χ1n) is 4.63. The van der Waals surface area contributed by atoms with E-state index in [1.807, 2.05) is 11.5 Å². The molecule has 0 radical (unpaired) electrons. The summed E-state index contributed by atoms with van der Waals surface area (Å²) in [5.41, 5.74) is 2.26. The van der Waals surface area contributed by atoms with Crippen LogP contribution in [0.5, 0.6) is 0 Å². The largest absolute Gasteiger partial charge is 0.479 e. The Kier molecular flexibility index (Phi) is 4.92. The van der Waals surface area contributed by atoms with Crippen LogP contribution in [0.25, 0.3) is 0 Å². The van der Waals surface area contributed by atoms with Crippen molar-refractivity contribution in [1.82, 2.24) is 5.48 Å². The maximum atomic E-state index is 11.3. The van der Waals surface area contributed by atoms with Gasteiger partial charge in [-0.1, -0.05) is 11.6 Å². The first-order chi connectivity index (χ1) is 8.52. The average molecular weight is 270 g/mol. The van der Waals surface area contributed by atoms with Crippen molar-refractivity contribution in [3.63, 3.8) is 0 Å². The molecule has 0 saturated carbocycles. The second-order valence-corrected chi connectivity index (χ2v) is 3.48. The number of carboxylic acid groups (broad SMARTS) is 1. The van der Waals surface area contributed by atoms with Crippen LogP contribution in [-0.4, -0.2) is 23.7 Å². The molecule has 0 saturated heterocycles. The summed E-state index contributed by atoms with van der Waals surface area (Å²) in [6.45, 7) is -0.673. The summed E-state index contributed by atoms with van der Waals surface area (Å²) in [5.74, 6) is -1.23. The lowest BCUT2D eigenvalue weighted by Gasteiger charge is -2.08. The van der Waals surface area contributed by atoms with E-state index in [0.29, 0.717) is 5.02 Å². The molecule has 0 spiro atoms. The molecule has 18 heavy (non-hydrogen) atoms. The molecule has 0 aliphatic heterocycles. The molecule has 7 nitrogen and oxygen atoms in total. The zero-order valence-corrected chi connectivity index (χ0v) is 9.69. The molecule has 3 N–H and O–H groups in total. The summed E-state index contributed by atoms with van der Waals surface area (Å²) in [6, 6.07) is 5.39. The van der Waals surface area contributed by atoms with Gasteiger partial charge in [-0.15, -0.1) is 0 Å². The van der Waals surface area contributed by atoms with Crippen LogP contribution in [-0.2, 0) is 9.63 Å². The second kappa shape index (κ2) is 6.44. The van der Waals surface area contributed by atoms with Crippen LogP contribution >= 0.6 is 11.6 Å². The fourth-order valence-electron chi connectivity index (χ4n) is 1.03. The highest BCUT2D eigenvalue weighted by Gasteiger charge is 2.08. The van der Waals surface area contributed by atoms with Crippen LogP contribution in [0, 0.1) is 11.3 Å². The van der Waals surface area contributed by atoms with Crippen molar-refractivity contribution in [2.75, 3.05) is 11.9 Å². The Morgan fingerprint density at radius 1 is 1.50 bits per heavy atom. The quantitative estimate of drug-likeness (QED) is 0.714. The van der Waals surface area contributed by atoms with Gasteiger partial charge in [0, 0.05) is 5.02 Å². The molecule has 0 fully saturated rings. The molecular weight excluding hydrogens is 262 g/mol. The van der Waals surface area contributed by atoms with Crippen LogP contribution in [0.4, 0.5) is 10.5 Å². The minimum absolute atomic E-state index is 0.196. The molecule has 0 aromatic heterocycles. The number of halogens is 1. The first kappa shape index (κ1) is 13.8. The summed E-state index contributed by atoms with van der Waals surface area (Å²) < 4.78 is 0. The number of nitrogens with zero attached hydrogens (tertiary/aromatic N) is 1. The van der Waals surface area contributed by atoms with Gasteiger partial charge in [-0.25, -0.2) is 15.1 Å². The molecular formula is C10H8ClN3O4. The number of carbonyl (C=O) groups is 2. The minimum Gasteiger partial charge on any atom is -0.479 e. The fraction of sp³-hybridized carbons (Fsp3) is 0.100. The highest BCUT2D eigenvalue weighted by molar-refractivity contribution is 6.31. The van der Waals surface area contributed by atoms with E-state index in [1.54, 1.807) is 0 Å². The third-order valence-corrected chi connectivity index (χ3v) is 1.95. The topological polar surface area (TPSA) is 111 Å². The Bertz CT molecular complexity index is 512. The summed E-state index contributed by atoms with van der Waals surface area (Å²) >= 11 is 5.71. The number of amides is 2. The fourth-order valence-corrected chi connectivity index (χ4v) is 1.20. The number of urea groups is 1. The standard InChI is InChI=1S/C10H8ClN3O4/c11-7-2-1-6(4-12)8(3-7)13-10(17)14-18-5-9(15)16/h1-3H,5H2,(H,15,16)(H2,13,14,17). The van der Waals surface area contributed by atoms with Gasteiger partial charge in [0.15, 0.2) is 6.61 Å². The first-order valence-corrected chi connectivity index (χ1v) is 5.01. The van der Waals surface area contributed by atoms with E-state index in [4.69, 9.17) is 22.0 Å². The van der Waals surface area contributed by atoms with Gasteiger partial charge < -0.3 is 10.4 Å². The van der Waals surface area contributed by atoms with Gasteiger partial charge in [0.25, 0.3) is 0 Å². The molecule has 1 aromatic carbocycles. The van der Waals surface area contributed by atoms with Crippen LogP contribution in [0.2, 0.25) is 5.02 Å². The van der Waals surface area contributed by atoms with E-state index in [2.05, 4.69) is 10.2 Å². The van der Waals surface area contributed by atoms with Crippen molar-refractivity contribution in [3.8, 4) is 6.07 Å². The van der Waals surface area contributed by atoms with Crippen molar-refractivity contribution < 1.29 is 19.5 Å². The number of nitriles is 1. The Labute approximate surface area is 107 Å². The smallest absolute Gasteiger partial charge is 0.343 e. The summed E-state index contributed by atoms with van der Waals surface area (Å²) in [5, 5.41) is 19.7. The van der Waals surface area contributed by atoms with Gasteiger partial charge in [0.05, 0.1) is 11.3 Å². The number of hydroxylamine groups is 1. The third-order valence-electron chi connectivity index (χ3n) is 1.71. The number of aliphatic carboxylic acids is 1. The maximum absolute atomic E-state index is 11.3. The van der Waals surface area contributed by atoms with Crippen molar-refractivity contribution in [1.29, 1.82) is 5.26 Å². The van der Waals surface area contributed by atoms with Gasteiger partial charge in [-0.3, -0.25) is 4.84 Å². The lowest BCUT2D eigenvalue weighted by Crippen LogP contribution is -2.31. The van der Waals surface area contributed by atoms with Gasteiger partial charge in [0.1, 0.15) is 6.07 Å². The zero-order valence-electron chi connectivity index (χ0n) is 8.94. The summed E-state index contributed by atoms with van der Waals surface area (Å²) in [7, 11) is 0. The highest BCUT2D eigenvalue weighted by atomic mass is 35.5. The molecule has 0 atom stereocenters. The van der Waals surface area contributed by atoms with Crippen LogP contribution < -0.4 is 10.8 Å². The summed E-state index contributed by atoms with van der Waals surface area (Å²) in [4.78, 5) is 25.8. The molecule has 1 aromatic rings. The zero-order chi connectivity index (χ0) is 13.5. The molecule has 8 heteroatoms. The predicted molar refractivity (Wildman–Crippen MR) is 61.9 cm³/mol. The van der Waals surface area contributed by atoms with Crippen LogP contribution in [0.15, 0.2) is 18.2 Å². The third kappa shape index (κ3) is 4.29. The lowest BCUT2D eigenvalue weighted by atomic mass is 10.2. The van der Waals surface area contributed by atoms with Crippen molar-refractivity contribution in [3.05, 3.63) is 28.8 Å². The number of benzene rings is 1. The maximum Gasteiger partial charge on any atom is 0.343 e. The molecule has 2 amide bonds. The van der Waals surface area contributed by atoms with Crippen molar-refractivity contribution in [2.24, 2.45) is 0 Å². The van der Waals surface area contributed by atoms with Crippen molar-refractivity contribution in [2.45, 2.75) is 0 Å². The SMILES string of the molecule is N#Cc1ccc(Cl)cc1NC(=O)NOCC(=O)O. The normalized spacial score (nSPS) is 9.33. The van der Waals surface area contributed by atoms with Crippen LogP contribution in [0.1, 0.15) is 5.56 Å². The van der Waals surface area contributed by atoms with Crippen LogP contribution in [0.3, 0.4) is 0 Å². The molecule has 94 valence electrons. The lowest BCUT2D eigenvalue weighted by molar-refractivity contribution is -0.143. The Morgan fingerprint density at radius 3 is 2.83 bits per heavy atom. The Balaban J connectivity index is 2.61. The minimum atomic E-state index is -1.23. The Hall–Kier alpha value is -2.30. The molecule has 0 unspecified atom stereocenters. The number of nitrogens with one attached hydrogen (secondary N) is 2. The monoisotopic (exact) mass is 269 g/mol. The predicted octanol–water partition coefficient (Wildman–Crippen LogP) is 1.35. The second-order valence-electron chi connectivity index (χ2n) is 3.04. The molecule has 0 aliphatic rings. The number of anilines is 1. The molecule has 1 rings (SSSR count). The van der Waals surface area contributed by atoms with E-state index < -0.39 is 18.6 Å². The van der Waals surface area contributed by atoms with Gasteiger partial charge in [0.2, 0.25) is 0 Å². The average Bonchev–Trinajstić information content (AvgIpc) is 2.28. The van der Waals surface area contributed by atoms with E-state index in [9.17, 15) is 9.59 Å². The number of hydrogen-bond donors (Lipinski definition) is 3. The van der Waals surface area contributed by atoms with E-state index in [0.717, 1.165) is 0 Å². The van der Waals surface area contributed by atoms with E-state index in [1.165, 1.54) is 18.2 Å². The number of carboxylic acids is 1. The Morgan fingerprint density at radius 2 is 2.22 bits per heavy atom. The van der Waals surface area contributed by atoms with Crippen molar-refractivity contribution >= 4 is 29.3 Å². The number of rotatable bonds is 4. The van der Waals surface area contributed by atoms with E-state index in [-0.39, 0.29) is 11.3 Å². The van der Waals surface area contributed by atoms with Gasteiger partial charge >= 0.3 is 12.0 Å².